The molecule has 2 aliphatic rings. The first kappa shape index (κ1) is 26.4. The molecule has 16 heteroatoms. The van der Waals surface area contributed by atoms with Gasteiger partial charge in [0.2, 0.25) is 23.6 Å². The van der Waals surface area contributed by atoms with Crippen LogP contribution in [0.5, 0.6) is 11.6 Å². The van der Waals surface area contributed by atoms with E-state index in [1.54, 1.807) is 6.07 Å². The lowest BCUT2D eigenvalue weighted by atomic mass is 10.0. The molecule has 2 aliphatic heterocycles. The van der Waals surface area contributed by atoms with Crippen LogP contribution < -0.4 is 19.9 Å². The van der Waals surface area contributed by atoms with E-state index in [0.717, 1.165) is 12.4 Å². The number of halogens is 6. The lowest BCUT2D eigenvalue weighted by molar-refractivity contribution is -0.146. The number of aryl methyl sites for hydroxylation is 1. The first-order chi connectivity index (χ1) is 18.4. The van der Waals surface area contributed by atoms with Gasteiger partial charge in [-0.3, -0.25) is 4.79 Å². The molecule has 0 unspecified atom stereocenters. The Hall–Kier alpha value is -4.24. The van der Waals surface area contributed by atoms with E-state index >= 15 is 0 Å². The van der Waals surface area contributed by atoms with Crippen LogP contribution in [0.15, 0.2) is 30.7 Å². The Bertz CT molecular complexity index is 1370. The second kappa shape index (κ2) is 9.81. The molecular weight excluding hydrogens is 534 g/mol. The van der Waals surface area contributed by atoms with Gasteiger partial charge in [0.1, 0.15) is 11.7 Å². The highest BCUT2D eigenvalue weighted by atomic mass is 19.4. The molecule has 0 saturated heterocycles. The quantitative estimate of drug-likeness (QED) is 0.450. The van der Waals surface area contributed by atoms with Gasteiger partial charge in [0, 0.05) is 32.4 Å². The second-order valence-corrected chi connectivity index (χ2v) is 8.91. The second-order valence-electron chi connectivity index (χ2n) is 8.91. The highest BCUT2D eigenvalue weighted by Gasteiger charge is 2.46. The Morgan fingerprint density at radius 1 is 1.05 bits per heavy atom. The van der Waals surface area contributed by atoms with Crippen molar-refractivity contribution in [2.24, 2.45) is 0 Å². The van der Waals surface area contributed by atoms with Crippen LogP contribution in [0, 0.1) is 0 Å². The van der Waals surface area contributed by atoms with Crippen molar-refractivity contribution in [2.75, 3.05) is 28.7 Å². The standard InChI is InChI=1S/C23H20F6N8O2/c1-36-15(7-22(24,25)26)19(38)37-6-2-3-14-17(37)18(36)35-21(34-14)33-9-12-4-5-16(30-8-12)39-13-10-31-20(32-11-13)23(27,28)29/h4-5,8,10-11,15H,2-3,6-7,9H2,1H3,(H,33,34,35)/t15-/m1/s1. The number of nitrogens with one attached hydrogen (secondary N) is 1. The van der Waals surface area contributed by atoms with E-state index in [2.05, 4.69) is 30.2 Å². The molecule has 5 rings (SSSR count). The fourth-order valence-electron chi connectivity index (χ4n) is 4.33. The van der Waals surface area contributed by atoms with E-state index in [1.807, 2.05) is 0 Å². The molecule has 3 aromatic rings. The first-order valence-electron chi connectivity index (χ1n) is 11.7. The summed E-state index contributed by atoms with van der Waals surface area (Å²) < 4.78 is 82.7. The molecule has 1 amide bonds. The van der Waals surface area contributed by atoms with Crippen molar-refractivity contribution in [1.29, 1.82) is 0 Å². The number of aromatic nitrogens is 5. The van der Waals surface area contributed by atoms with Gasteiger partial charge in [-0.25, -0.2) is 19.9 Å². The maximum Gasteiger partial charge on any atom is 0.451 e. The minimum atomic E-state index is -4.66. The van der Waals surface area contributed by atoms with Crippen LogP contribution in [0.3, 0.4) is 0 Å². The topological polar surface area (TPSA) is 109 Å². The zero-order valence-electron chi connectivity index (χ0n) is 20.2. The summed E-state index contributed by atoms with van der Waals surface area (Å²) in [4.78, 5) is 34.9. The van der Waals surface area contributed by atoms with E-state index in [-0.39, 0.29) is 29.9 Å². The molecule has 3 aromatic heterocycles. The summed E-state index contributed by atoms with van der Waals surface area (Å²) in [5.41, 5.74) is 1.68. The Balaban J connectivity index is 1.29. The molecule has 0 aliphatic carbocycles. The van der Waals surface area contributed by atoms with Crippen molar-refractivity contribution in [3.05, 3.63) is 47.8 Å². The number of alkyl halides is 6. The maximum absolute atomic E-state index is 13.2. The third kappa shape index (κ3) is 5.63. The zero-order valence-corrected chi connectivity index (χ0v) is 20.2. The van der Waals surface area contributed by atoms with E-state index in [9.17, 15) is 31.1 Å². The number of hydrogen-bond acceptors (Lipinski definition) is 9. The van der Waals surface area contributed by atoms with Crippen LogP contribution in [-0.2, 0) is 23.9 Å². The number of ether oxygens (including phenoxy) is 1. The van der Waals surface area contributed by atoms with Crippen molar-refractivity contribution in [3.63, 3.8) is 0 Å². The van der Waals surface area contributed by atoms with E-state index in [1.165, 1.54) is 29.1 Å². The van der Waals surface area contributed by atoms with Gasteiger partial charge >= 0.3 is 12.4 Å². The summed E-state index contributed by atoms with van der Waals surface area (Å²) in [6, 6.07) is 1.72. The summed E-state index contributed by atoms with van der Waals surface area (Å²) >= 11 is 0. The average Bonchev–Trinajstić information content (AvgIpc) is 2.88. The maximum atomic E-state index is 13.2. The molecule has 5 heterocycles. The predicted molar refractivity (Wildman–Crippen MR) is 124 cm³/mol. The molecule has 39 heavy (non-hydrogen) atoms. The highest BCUT2D eigenvalue weighted by Crippen LogP contribution is 2.42. The molecule has 10 nitrogen and oxygen atoms in total. The van der Waals surface area contributed by atoms with Crippen molar-refractivity contribution < 1.29 is 35.9 Å². The van der Waals surface area contributed by atoms with Gasteiger partial charge in [0.05, 0.1) is 24.5 Å². The SMILES string of the molecule is CN1c2nc(NCc3ccc(Oc4cnc(C(F)(F)F)nc4)nc3)nc3c2N(CCC3)C(=O)[C@H]1CC(F)(F)F. The third-order valence-corrected chi connectivity index (χ3v) is 6.13. The normalized spacial score (nSPS) is 17.2. The van der Waals surface area contributed by atoms with Crippen LogP contribution in [0.1, 0.15) is 29.9 Å². The smallest absolute Gasteiger partial charge is 0.436 e. The van der Waals surface area contributed by atoms with Gasteiger partial charge in [-0.1, -0.05) is 6.07 Å². The third-order valence-electron chi connectivity index (χ3n) is 6.13. The number of hydrogen-bond donors (Lipinski definition) is 1. The Morgan fingerprint density at radius 2 is 1.79 bits per heavy atom. The van der Waals surface area contributed by atoms with Gasteiger partial charge in [-0.05, 0) is 18.4 Å². The summed E-state index contributed by atoms with van der Waals surface area (Å²) in [6.07, 6.45) is -6.14. The molecule has 0 spiro atoms. The number of pyridine rings is 1. The zero-order chi connectivity index (χ0) is 27.9. The monoisotopic (exact) mass is 554 g/mol. The van der Waals surface area contributed by atoms with Crippen molar-refractivity contribution >= 4 is 23.4 Å². The van der Waals surface area contributed by atoms with Gasteiger partial charge in [-0.15, -0.1) is 0 Å². The summed E-state index contributed by atoms with van der Waals surface area (Å²) in [5, 5.41) is 3.03. The first-order valence-corrected chi connectivity index (χ1v) is 11.7. The van der Waals surface area contributed by atoms with Gasteiger partial charge in [-0.2, -0.15) is 31.3 Å². The van der Waals surface area contributed by atoms with Crippen LogP contribution in [0.2, 0.25) is 0 Å². The molecule has 0 fully saturated rings. The van der Waals surface area contributed by atoms with Gasteiger partial charge < -0.3 is 19.9 Å². The lowest BCUT2D eigenvalue weighted by Crippen LogP contribution is -2.55. The van der Waals surface area contributed by atoms with E-state index < -0.39 is 36.5 Å². The minimum Gasteiger partial charge on any atom is -0.436 e. The minimum absolute atomic E-state index is 0.0294. The number of anilines is 3. The number of rotatable bonds is 6. The Labute approximate surface area is 217 Å². The molecule has 0 aromatic carbocycles. The average molecular weight is 554 g/mol. The van der Waals surface area contributed by atoms with E-state index in [0.29, 0.717) is 36.3 Å². The number of carbonyl (C=O) groups is 1. The molecule has 1 N–H and O–H groups in total. The number of likely N-dealkylation sites (N-methyl/N-ethyl adjacent to an activating group) is 1. The summed E-state index contributed by atoms with van der Waals surface area (Å²) in [6.45, 7) is 0.503. The van der Waals surface area contributed by atoms with E-state index in [4.69, 9.17) is 4.74 Å². The Morgan fingerprint density at radius 3 is 2.44 bits per heavy atom. The molecule has 1 atom stereocenters. The predicted octanol–water partition coefficient (Wildman–Crippen LogP) is 4.13. The molecule has 0 saturated carbocycles. The number of carbonyl (C=O) groups excluding carboxylic acids is 1. The molecule has 0 radical (unpaired) electrons. The summed E-state index contributed by atoms with van der Waals surface area (Å²) in [7, 11) is 1.41. The number of amides is 1. The molecule has 0 bridgehead atoms. The fourth-order valence-corrected chi connectivity index (χ4v) is 4.33. The fraction of sp³-hybridized carbons (Fsp3) is 0.391. The van der Waals surface area contributed by atoms with Crippen LogP contribution in [0.25, 0.3) is 0 Å². The van der Waals surface area contributed by atoms with Crippen molar-refractivity contribution in [3.8, 4) is 11.6 Å². The van der Waals surface area contributed by atoms with Crippen molar-refractivity contribution in [1.82, 2.24) is 24.9 Å². The Kier molecular flexibility index (Phi) is 6.64. The lowest BCUT2D eigenvalue weighted by Gasteiger charge is -2.42. The summed E-state index contributed by atoms with van der Waals surface area (Å²) in [5.74, 6) is -1.42. The molecular formula is C23H20F6N8O2. The molecule has 206 valence electrons. The number of nitrogens with zero attached hydrogens (tertiary/aromatic N) is 7. The van der Waals surface area contributed by atoms with Gasteiger partial charge in [0.25, 0.3) is 0 Å². The van der Waals surface area contributed by atoms with Gasteiger partial charge in [0.15, 0.2) is 11.6 Å². The van der Waals surface area contributed by atoms with Crippen LogP contribution in [-0.4, -0.2) is 56.6 Å². The van der Waals surface area contributed by atoms with Crippen LogP contribution >= 0.6 is 0 Å². The van der Waals surface area contributed by atoms with Crippen molar-refractivity contribution in [2.45, 2.75) is 44.2 Å². The van der Waals surface area contributed by atoms with Crippen LogP contribution in [0.4, 0.5) is 43.8 Å². The largest absolute Gasteiger partial charge is 0.451 e. The highest BCUT2D eigenvalue weighted by molar-refractivity contribution is 6.05.